The van der Waals surface area contributed by atoms with Gasteiger partial charge in [0.15, 0.2) is 16.7 Å². The molecule has 0 aliphatic carbocycles. The molecule has 0 spiro atoms. The summed E-state index contributed by atoms with van der Waals surface area (Å²) >= 11 is 2.75. The molecule has 2 aromatic carbocycles. The monoisotopic (exact) mass is 575 g/mol. The van der Waals surface area contributed by atoms with Gasteiger partial charge in [0.1, 0.15) is 11.9 Å². The maximum atomic E-state index is 13.6. The van der Waals surface area contributed by atoms with Crippen molar-refractivity contribution in [1.29, 1.82) is 0 Å². The van der Waals surface area contributed by atoms with Crippen LogP contribution in [-0.4, -0.2) is 51.7 Å². The summed E-state index contributed by atoms with van der Waals surface area (Å²) in [5.74, 6) is 0.810. The lowest BCUT2D eigenvalue weighted by atomic mass is 10.1. The van der Waals surface area contributed by atoms with E-state index < -0.39 is 11.3 Å². The highest BCUT2D eigenvalue weighted by molar-refractivity contribution is 8.15. The van der Waals surface area contributed by atoms with Crippen molar-refractivity contribution in [2.45, 2.75) is 37.6 Å². The molecule has 0 saturated heterocycles. The minimum atomic E-state index is -0.877. The van der Waals surface area contributed by atoms with E-state index in [9.17, 15) is 14.4 Å². The first-order chi connectivity index (χ1) is 19.5. The molecule has 0 unspecified atom stereocenters. The Hall–Kier alpha value is -4.16. The van der Waals surface area contributed by atoms with E-state index in [2.05, 4.69) is 15.6 Å². The first kappa shape index (κ1) is 26.1. The van der Waals surface area contributed by atoms with Crippen LogP contribution in [0.4, 0.5) is 11.4 Å². The second-order valence-corrected chi connectivity index (χ2v) is 11.4. The van der Waals surface area contributed by atoms with Gasteiger partial charge in [0.25, 0.3) is 5.91 Å². The number of amides is 3. The van der Waals surface area contributed by atoms with Crippen LogP contribution in [0.5, 0.6) is 11.5 Å². The van der Waals surface area contributed by atoms with Crippen LogP contribution >= 0.6 is 23.1 Å². The minimum absolute atomic E-state index is 0.0773. The fourth-order valence-electron chi connectivity index (χ4n) is 4.51. The van der Waals surface area contributed by atoms with E-state index in [1.165, 1.54) is 16.7 Å². The Morgan fingerprint density at radius 3 is 2.83 bits per heavy atom. The number of carbonyl (C=O) groups is 3. The smallest absolute Gasteiger partial charge is 0.259 e. The Morgan fingerprint density at radius 2 is 2.00 bits per heavy atom. The number of hydrogen-bond donors (Lipinski definition) is 2. The number of hydrogen-bond acceptors (Lipinski definition) is 9. The van der Waals surface area contributed by atoms with E-state index in [-0.39, 0.29) is 30.9 Å². The summed E-state index contributed by atoms with van der Waals surface area (Å²) in [5.41, 5.74) is 1.94. The Balaban J connectivity index is 1.19. The Morgan fingerprint density at radius 1 is 1.15 bits per heavy atom. The molecule has 3 aliphatic rings. The molecule has 6 rings (SSSR count). The number of rotatable bonds is 8. The molecule has 0 radical (unpaired) electrons. The largest absolute Gasteiger partial charge is 0.454 e. The van der Waals surface area contributed by atoms with Gasteiger partial charge in [0, 0.05) is 22.2 Å². The molecule has 40 heavy (non-hydrogen) atoms. The quantitative estimate of drug-likeness (QED) is 0.413. The second kappa shape index (κ2) is 11.1. The van der Waals surface area contributed by atoms with E-state index in [4.69, 9.17) is 14.5 Å². The third-order valence-corrected chi connectivity index (χ3v) is 8.71. The zero-order chi connectivity index (χ0) is 27.6. The van der Waals surface area contributed by atoms with Gasteiger partial charge in [-0.15, -0.1) is 11.3 Å². The molecule has 204 valence electrons. The molecular formula is C28H25N5O5S2. The van der Waals surface area contributed by atoms with E-state index >= 15 is 0 Å². The first-order valence-corrected chi connectivity index (χ1v) is 14.5. The van der Waals surface area contributed by atoms with Crippen LogP contribution in [0.3, 0.4) is 0 Å². The third-order valence-electron chi connectivity index (χ3n) is 6.52. The molecular weight excluding hydrogens is 550 g/mol. The van der Waals surface area contributed by atoms with Gasteiger partial charge in [-0.05, 0) is 42.1 Å². The number of benzene rings is 2. The standard InChI is InChI=1S/C28H25N5O5S2/c1-2-23(26(35)30-16-9-10-21-22(12-16)38-15-37-21)40-28-32-19-8-4-3-7-18(19)25-31-20(27(36)33(25)28)13-24(34)29-14-17-6-5-11-39-17/h3-12,20,23H,2,13-15H2,1H3,(H,29,34)(H,30,35)/t20-,23-/m0/s1. The number of fused-ring (bicyclic) bond motifs is 4. The number of thioether (sulfide) groups is 1. The minimum Gasteiger partial charge on any atom is -0.454 e. The zero-order valence-electron chi connectivity index (χ0n) is 21.5. The molecule has 12 heteroatoms. The average molecular weight is 576 g/mol. The molecule has 10 nitrogen and oxygen atoms in total. The van der Waals surface area contributed by atoms with Crippen LogP contribution in [0, 0.1) is 0 Å². The molecule has 0 saturated carbocycles. The lowest BCUT2D eigenvalue weighted by Gasteiger charge is -2.27. The summed E-state index contributed by atoms with van der Waals surface area (Å²) in [7, 11) is 0. The van der Waals surface area contributed by atoms with Crippen molar-refractivity contribution in [3.63, 3.8) is 0 Å². The molecule has 0 bridgehead atoms. The van der Waals surface area contributed by atoms with Crippen molar-refractivity contribution in [1.82, 2.24) is 10.2 Å². The summed E-state index contributed by atoms with van der Waals surface area (Å²) in [6.45, 7) is 2.45. The lowest BCUT2D eigenvalue weighted by molar-refractivity contribution is -0.128. The maximum Gasteiger partial charge on any atom is 0.259 e. The van der Waals surface area contributed by atoms with Crippen molar-refractivity contribution >= 4 is 63.2 Å². The van der Waals surface area contributed by atoms with Crippen molar-refractivity contribution in [2.75, 3.05) is 12.1 Å². The topological polar surface area (TPSA) is 122 Å². The number of para-hydroxylation sites is 1. The molecule has 4 heterocycles. The van der Waals surface area contributed by atoms with Crippen molar-refractivity contribution in [3.05, 3.63) is 70.4 Å². The molecule has 1 aromatic heterocycles. The third kappa shape index (κ3) is 5.19. The van der Waals surface area contributed by atoms with Crippen LogP contribution in [0.1, 0.15) is 30.2 Å². The Bertz CT molecular complexity index is 1540. The Kier molecular flexibility index (Phi) is 7.27. The van der Waals surface area contributed by atoms with Crippen LogP contribution < -0.4 is 20.1 Å². The fraction of sp³-hybridized carbons (Fsp3) is 0.250. The highest BCUT2D eigenvalue weighted by Gasteiger charge is 2.43. The van der Waals surface area contributed by atoms with Crippen molar-refractivity contribution in [3.8, 4) is 11.5 Å². The van der Waals surface area contributed by atoms with Crippen LogP contribution in [0.15, 0.2) is 70.0 Å². The Labute approximate surface area is 238 Å². The summed E-state index contributed by atoms with van der Waals surface area (Å²) in [4.78, 5) is 51.4. The fourth-order valence-corrected chi connectivity index (χ4v) is 6.17. The average Bonchev–Trinajstić information content (AvgIpc) is 3.71. The number of ether oxygens (including phenoxy) is 2. The number of nitrogens with one attached hydrogen (secondary N) is 2. The zero-order valence-corrected chi connectivity index (χ0v) is 23.1. The van der Waals surface area contributed by atoms with E-state index in [1.807, 2.05) is 48.7 Å². The van der Waals surface area contributed by atoms with Crippen molar-refractivity contribution in [2.24, 2.45) is 9.98 Å². The molecule has 0 fully saturated rings. The molecule has 2 N–H and O–H groups in total. The molecule has 2 atom stereocenters. The predicted octanol–water partition coefficient (Wildman–Crippen LogP) is 4.29. The summed E-state index contributed by atoms with van der Waals surface area (Å²) < 4.78 is 10.8. The van der Waals surface area contributed by atoms with E-state index in [0.29, 0.717) is 52.4 Å². The normalized spacial score (nSPS) is 17.5. The number of anilines is 1. The number of carbonyl (C=O) groups excluding carboxylic acids is 3. The van der Waals surface area contributed by atoms with Crippen LogP contribution in [-0.2, 0) is 20.9 Å². The van der Waals surface area contributed by atoms with E-state index in [0.717, 1.165) is 4.88 Å². The van der Waals surface area contributed by atoms with E-state index in [1.54, 1.807) is 29.5 Å². The predicted molar refractivity (Wildman–Crippen MR) is 154 cm³/mol. The molecule has 3 aromatic rings. The summed E-state index contributed by atoms with van der Waals surface area (Å²) in [6.07, 6.45) is 0.414. The summed E-state index contributed by atoms with van der Waals surface area (Å²) in [6, 6.07) is 15.6. The van der Waals surface area contributed by atoms with Gasteiger partial charge in [-0.25, -0.2) is 9.89 Å². The van der Waals surface area contributed by atoms with Gasteiger partial charge < -0.3 is 20.1 Å². The van der Waals surface area contributed by atoms with Crippen LogP contribution in [0.2, 0.25) is 0 Å². The summed E-state index contributed by atoms with van der Waals surface area (Å²) in [5, 5.41) is 7.55. The number of aliphatic imine (C=N–C) groups is 2. The van der Waals surface area contributed by atoms with Gasteiger partial charge >= 0.3 is 0 Å². The van der Waals surface area contributed by atoms with Gasteiger partial charge in [-0.2, -0.15) is 0 Å². The second-order valence-electron chi connectivity index (χ2n) is 9.19. The number of amidine groups is 2. The van der Waals surface area contributed by atoms with Gasteiger partial charge in [0.05, 0.1) is 23.9 Å². The van der Waals surface area contributed by atoms with Gasteiger partial charge in [-0.3, -0.25) is 19.4 Å². The van der Waals surface area contributed by atoms with Crippen molar-refractivity contribution < 1.29 is 23.9 Å². The highest BCUT2D eigenvalue weighted by Crippen LogP contribution is 2.37. The SMILES string of the molecule is CC[C@H](SC1=Nc2ccccc2C2=N[C@@H](CC(=O)NCc3cccs3)C(=O)N12)C(=O)Nc1ccc2c(c1)OCO2. The molecule has 3 aliphatic heterocycles. The first-order valence-electron chi connectivity index (χ1n) is 12.8. The van der Waals surface area contributed by atoms with Gasteiger partial charge in [-0.1, -0.05) is 36.9 Å². The highest BCUT2D eigenvalue weighted by atomic mass is 32.2. The lowest BCUT2D eigenvalue weighted by Crippen LogP contribution is -2.43. The molecule has 3 amide bonds. The van der Waals surface area contributed by atoms with Gasteiger partial charge in [0.2, 0.25) is 18.6 Å². The number of thiophene rings is 1. The number of nitrogens with zero attached hydrogens (tertiary/aromatic N) is 3. The van der Waals surface area contributed by atoms with Crippen LogP contribution in [0.25, 0.3) is 0 Å². The maximum absolute atomic E-state index is 13.6.